The van der Waals surface area contributed by atoms with Crippen molar-refractivity contribution < 1.29 is 9.90 Å². The van der Waals surface area contributed by atoms with Crippen molar-refractivity contribution in [1.29, 1.82) is 0 Å². The van der Waals surface area contributed by atoms with E-state index in [0.717, 1.165) is 0 Å². The quantitative estimate of drug-likeness (QED) is 0.680. The van der Waals surface area contributed by atoms with Crippen molar-refractivity contribution in [2.45, 2.75) is 6.92 Å². The van der Waals surface area contributed by atoms with E-state index in [0.29, 0.717) is 5.69 Å². The lowest BCUT2D eigenvalue weighted by Crippen LogP contribution is -2.05. The summed E-state index contributed by atoms with van der Waals surface area (Å²) in [6.07, 6.45) is 0. The Balaban J connectivity index is 2.95. The molecule has 5 nitrogen and oxygen atoms in total. The summed E-state index contributed by atoms with van der Waals surface area (Å²) in [6.45, 7) is 1.35. The number of carbonyl (C=O) groups excluding carboxylic acids is 1. The van der Waals surface area contributed by atoms with Gasteiger partial charge in [-0.05, 0) is 17.3 Å². The summed E-state index contributed by atoms with van der Waals surface area (Å²) in [5.41, 5.74) is 0.381. The highest BCUT2D eigenvalue weighted by molar-refractivity contribution is 5.89. The minimum absolute atomic E-state index is 0.0471. The van der Waals surface area contributed by atoms with Gasteiger partial charge in [-0.1, -0.05) is 0 Å². The third-order valence-electron chi connectivity index (χ3n) is 1.39. The zero-order chi connectivity index (χ0) is 9.84. The first-order valence-electron chi connectivity index (χ1n) is 3.57. The molecule has 1 aromatic carbocycles. The van der Waals surface area contributed by atoms with Crippen molar-refractivity contribution in [1.82, 2.24) is 0 Å². The van der Waals surface area contributed by atoms with Gasteiger partial charge in [0, 0.05) is 18.7 Å². The number of hydrogen-bond donors (Lipinski definition) is 2. The van der Waals surface area contributed by atoms with Crippen LogP contribution < -0.4 is 5.32 Å². The van der Waals surface area contributed by atoms with Crippen LogP contribution in [0.2, 0.25) is 0 Å². The Morgan fingerprint density at radius 2 is 2.23 bits per heavy atom. The average Bonchev–Trinajstić information content (AvgIpc) is 2.03. The Hall–Kier alpha value is -1.91. The maximum Gasteiger partial charge on any atom is 0.221 e. The maximum absolute atomic E-state index is 10.6. The monoisotopic (exact) mass is 180 g/mol. The first-order valence-corrected chi connectivity index (χ1v) is 3.57. The number of phenols is 1. The van der Waals surface area contributed by atoms with Gasteiger partial charge in [0.05, 0.1) is 0 Å². The van der Waals surface area contributed by atoms with Crippen LogP contribution in [0.1, 0.15) is 6.92 Å². The molecule has 0 fully saturated rings. The van der Waals surface area contributed by atoms with Gasteiger partial charge in [-0.25, -0.2) is 0 Å². The molecule has 0 spiro atoms. The van der Waals surface area contributed by atoms with E-state index in [1.54, 1.807) is 0 Å². The number of nitroso groups, excluding NO2 is 1. The lowest BCUT2D eigenvalue weighted by atomic mass is 10.2. The second-order valence-electron chi connectivity index (χ2n) is 2.48. The molecule has 2 N–H and O–H groups in total. The predicted molar refractivity (Wildman–Crippen MR) is 47.9 cm³/mol. The zero-order valence-corrected chi connectivity index (χ0v) is 6.94. The lowest BCUT2D eigenvalue weighted by molar-refractivity contribution is -0.114. The minimum atomic E-state index is -0.249. The smallest absolute Gasteiger partial charge is 0.221 e. The van der Waals surface area contributed by atoms with Crippen molar-refractivity contribution >= 4 is 17.3 Å². The molecule has 0 radical (unpaired) electrons. The summed E-state index contributed by atoms with van der Waals surface area (Å²) in [5.74, 6) is -0.493. The summed E-state index contributed by atoms with van der Waals surface area (Å²) < 4.78 is 0. The van der Waals surface area contributed by atoms with Crippen molar-refractivity contribution in [3.05, 3.63) is 23.1 Å². The number of rotatable bonds is 2. The van der Waals surface area contributed by atoms with Crippen LogP contribution in [0, 0.1) is 4.91 Å². The average molecular weight is 180 g/mol. The van der Waals surface area contributed by atoms with E-state index in [2.05, 4.69) is 10.5 Å². The molecule has 68 valence electrons. The SMILES string of the molecule is CC(=O)Nc1ccc(N=O)c(O)c1. The van der Waals surface area contributed by atoms with Gasteiger partial charge in [-0.15, -0.1) is 4.91 Å². The summed E-state index contributed by atoms with van der Waals surface area (Å²) in [4.78, 5) is 20.7. The second kappa shape index (κ2) is 3.66. The first-order chi connectivity index (χ1) is 6.13. The van der Waals surface area contributed by atoms with Crippen LogP contribution in [-0.4, -0.2) is 11.0 Å². The fraction of sp³-hybridized carbons (Fsp3) is 0.125. The summed E-state index contributed by atoms with van der Waals surface area (Å²) in [5, 5.41) is 14.2. The van der Waals surface area contributed by atoms with Crippen LogP contribution >= 0.6 is 0 Å². The fourth-order valence-electron chi connectivity index (χ4n) is 0.882. The van der Waals surface area contributed by atoms with Gasteiger partial charge in [-0.3, -0.25) is 4.79 Å². The second-order valence-corrected chi connectivity index (χ2v) is 2.48. The molecule has 0 saturated carbocycles. The van der Waals surface area contributed by atoms with Crippen LogP contribution in [-0.2, 0) is 4.79 Å². The molecule has 0 aliphatic heterocycles. The van der Waals surface area contributed by atoms with Gasteiger partial charge in [0.1, 0.15) is 11.4 Å². The Bertz CT molecular complexity index is 349. The molecule has 5 heteroatoms. The number of hydrogen-bond acceptors (Lipinski definition) is 4. The van der Waals surface area contributed by atoms with Crippen LogP contribution in [0.5, 0.6) is 5.75 Å². The van der Waals surface area contributed by atoms with E-state index in [1.165, 1.54) is 25.1 Å². The maximum atomic E-state index is 10.6. The van der Waals surface area contributed by atoms with E-state index in [-0.39, 0.29) is 17.3 Å². The van der Waals surface area contributed by atoms with Crippen LogP contribution in [0.4, 0.5) is 11.4 Å². The Morgan fingerprint density at radius 1 is 1.54 bits per heavy atom. The molecule has 0 heterocycles. The Kier molecular flexibility index (Phi) is 2.59. The largest absolute Gasteiger partial charge is 0.505 e. The van der Waals surface area contributed by atoms with E-state index in [9.17, 15) is 9.70 Å². The fourth-order valence-corrected chi connectivity index (χ4v) is 0.882. The molecule has 0 aliphatic carbocycles. The molecule has 0 atom stereocenters. The number of aromatic hydroxyl groups is 1. The number of nitrogens with one attached hydrogen (secondary N) is 1. The molecule has 0 unspecified atom stereocenters. The van der Waals surface area contributed by atoms with Gasteiger partial charge >= 0.3 is 0 Å². The minimum Gasteiger partial charge on any atom is -0.505 e. The number of benzene rings is 1. The first kappa shape index (κ1) is 9.18. The molecule has 1 rings (SSSR count). The topological polar surface area (TPSA) is 78.8 Å². The highest BCUT2D eigenvalue weighted by Gasteiger charge is 2.02. The van der Waals surface area contributed by atoms with Crippen LogP contribution in [0.25, 0.3) is 0 Å². The Labute approximate surface area is 74.4 Å². The number of nitrogens with zero attached hydrogens (tertiary/aromatic N) is 1. The molecule has 1 amide bonds. The van der Waals surface area contributed by atoms with Crippen molar-refractivity contribution in [2.24, 2.45) is 5.18 Å². The lowest BCUT2D eigenvalue weighted by Gasteiger charge is -2.02. The van der Waals surface area contributed by atoms with E-state index < -0.39 is 0 Å². The molecule has 0 saturated heterocycles. The summed E-state index contributed by atoms with van der Waals surface area (Å²) in [6, 6.07) is 4.07. The third kappa shape index (κ3) is 2.26. The van der Waals surface area contributed by atoms with Gasteiger partial charge < -0.3 is 10.4 Å². The molecule has 0 aliphatic rings. The highest BCUT2D eigenvalue weighted by atomic mass is 16.3. The van der Waals surface area contributed by atoms with Gasteiger partial charge in [0.25, 0.3) is 0 Å². The number of anilines is 1. The van der Waals surface area contributed by atoms with Gasteiger partial charge in [-0.2, -0.15) is 0 Å². The normalized spacial score (nSPS) is 9.31. The van der Waals surface area contributed by atoms with Gasteiger partial charge in [0.2, 0.25) is 5.91 Å². The predicted octanol–water partition coefficient (Wildman–Crippen LogP) is 1.75. The molecule has 0 aromatic heterocycles. The van der Waals surface area contributed by atoms with Crippen molar-refractivity contribution in [3.8, 4) is 5.75 Å². The van der Waals surface area contributed by atoms with Gasteiger partial charge in [0.15, 0.2) is 0 Å². The molecule has 1 aromatic rings. The Morgan fingerprint density at radius 3 is 2.69 bits per heavy atom. The molecule has 13 heavy (non-hydrogen) atoms. The van der Waals surface area contributed by atoms with Crippen molar-refractivity contribution in [2.75, 3.05) is 5.32 Å². The molecule has 0 bridgehead atoms. The highest BCUT2D eigenvalue weighted by Crippen LogP contribution is 2.28. The number of amides is 1. The van der Waals surface area contributed by atoms with Crippen LogP contribution in [0.3, 0.4) is 0 Å². The number of phenolic OH excluding ortho intramolecular Hbond substituents is 1. The molecular formula is C8H8N2O3. The van der Waals surface area contributed by atoms with E-state index >= 15 is 0 Å². The number of carbonyl (C=O) groups is 1. The van der Waals surface area contributed by atoms with E-state index in [4.69, 9.17) is 5.11 Å². The standard InChI is InChI=1S/C8H8N2O3/c1-5(11)9-6-2-3-7(10-13)8(12)4-6/h2-4,12H,1H3,(H,9,11). The van der Waals surface area contributed by atoms with E-state index in [1.807, 2.05) is 0 Å². The summed E-state index contributed by atoms with van der Waals surface area (Å²) in [7, 11) is 0. The summed E-state index contributed by atoms with van der Waals surface area (Å²) >= 11 is 0. The van der Waals surface area contributed by atoms with Crippen LogP contribution in [0.15, 0.2) is 23.4 Å². The molecular weight excluding hydrogens is 172 g/mol. The zero-order valence-electron chi connectivity index (χ0n) is 6.94. The third-order valence-corrected chi connectivity index (χ3v) is 1.39. The van der Waals surface area contributed by atoms with Crippen molar-refractivity contribution in [3.63, 3.8) is 0 Å².